The first-order chi connectivity index (χ1) is 8.62. The van der Waals surface area contributed by atoms with Crippen molar-refractivity contribution in [2.45, 2.75) is 19.4 Å². The molecule has 0 amide bonds. The van der Waals surface area contributed by atoms with Crippen molar-refractivity contribution in [1.29, 1.82) is 0 Å². The van der Waals surface area contributed by atoms with Crippen molar-refractivity contribution >= 4 is 6.08 Å². The molecular weight excluding hydrogens is 226 g/mol. The molecule has 0 bridgehead atoms. The maximum Gasteiger partial charge on any atom is 0.130 e. The molecule has 1 aromatic rings. The molecule has 0 spiro atoms. The Bertz CT molecular complexity index is 411. The van der Waals surface area contributed by atoms with E-state index in [1.807, 2.05) is 31.2 Å². The number of hydrogen-bond donors (Lipinski definition) is 1. The highest BCUT2D eigenvalue weighted by Crippen LogP contribution is 2.32. The van der Waals surface area contributed by atoms with Crippen LogP contribution in [-0.2, 0) is 6.42 Å². The maximum atomic E-state index is 5.82. The normalized spacial score (nSPS) is 12.4. The van der Waals surface area contributed by atoms with Crippen LogP contribution < -0.4 is 15.2 Å². The summed E-state index contributed by atoms with van der Waals surface area (Å²) in [6.07, 6.45) is 6.28. The monoisotopic (exact) mass is 247 g/mol. The summed E-state index contributed by atoms with van der Waals surface area (Å²) in [6.45, 7) is 5.64. The van der Waals surface area contributed by atoms with Crippen molar-refractivity contribution in [2.24, 2.45) is 5.73 Å². The molecule has 18 heavy (non-hydrogen) atoms. The fraction of sp³-hybridized carbons (Fsp3) is 0.333. The predicted octanol–water partition coefficient (Wildman–Crippen LogP) is 2.79. The van der Waals surface area contributed by atoms with Crippen LogP contribution in [0, 0.1) is 0 Å². The molecule has 1 unspecified atom stereocenters. The Morgan fingerprint density at radius 2 is 1.83 bits per heavy atom. The van der Waals surface area contributed by atoms with Gasteiger partial charge < -0.3 is 15.2 Å². The van der Waals surface area contributed by atoms with E-state index in [1.54, 1.807) is 20.3 Å². The maximum absolute atomic E-state index is 5.82. The summed E-state index contributed by atoms with van der Waals surface area (Å²) in [5.41, 5.74) is 7.83. The Balaban J connectivity index is 3.24. The van der Waals surface area contributed by atoms with Gasteiger partial charge in [0.15, 0.2) is 0 Å². The van der Waals surface area contributed by atoms with Crippen molar-refractivity contribution < 1.29 is 9.47 Å². The van der Waals surface area contributed by atoms with Crippen LogP contribution in [0.25, 0.3) is 6.08 Å². The van der Waals surface area contributed by atoms with E-state index in [0.29, 0.717) is 0 Å². The summed E-state index contributed by atoms with van der Waals surface area (Å²) in [5.74, 6) is 1.56. The van der Waals surface area contributed by atoms with Crippen LogP contribution in [0.2, 0.25) is 0 Å². The van der Waals surface area contributed by atoms with Gasteiger partial charge in [0.1, 0.15) is 11.5 Å². The van der Waals surface area contributed by atoms with Gasteiger partial charge >= 0.3 is 0 Å². The first-order valence-electron chi connectivity index (χ1n) is 5.92. The molecule has 1 atom stereocenters. The lowest BCUT2D eigenvalue weighted by Gasteiger charge is -2.14. The van der Waals surface area contributed by atoms with Gasteiger partial charge in [-0.2, -0.15) is 0 Å². The van der Waals surface area contributed by atoms with E-state index in [4.69, 9.17) is 15.2 Å². The van der Waals surface area contributed by atoms with E-state index in [2.05, 4.69) is 6.58 Å². The Morgan fingerprint density at radius 1 is 1.28 bits per heavy atom. The Kier molecular flexibility index (Phi) is 5.46. The average Bonchev–Trinajstić information content (AvgIpc) is 2.35. The molecule has 0 aliphatic heterocycles. The molecular formula is C15H21NO2. The zero-order valence-electron chi connectivity index (χ0n) is 11.3. The van der Waals surface area contributed by atoms with Crippen molar-refractivity contribution in [3.63, 3.8) is 0 Å². The molecule has 1 rings (SSSR count). The standard InChI is InChI=1S/C15H21NO2/c1-5-6-7-13-14(17-3)9-12(8-11(2)16)10-15(13)18-4/h5-7,9-11H,1,8,16H2,2-4H3/b7-6+. The van der Waals surface area contributed by atoms with Crippen LogP contribution in [0.15, 0.2) is 30.9 Å². The zero-order chi connectivity index (χ0) is 13.5. The fourth-order valence-corrected chi connectivity index (χ4v) is 1.81. The van der Waals surface area contributed by atoms with Crippen molar-refractivity contribution in [3.8, 4) is 11.5 Å². The highest BCUT2D eigenvalue weighted by Gasteiger charge is 2.10. The Hall–Kier alpha value is -1.74. The zero-order valence-corrected chi connectivity index (χ0v) is 11.3. The summed E-state index contributed by atoms with van der Waals surface area (Å²) in [7, 11) is 3.30. The largest absolute Gasteiger partial charge is 0.496 e. The number of ether oxygens (including phenoxy) is 2. The van der Waals surface area contributed by atoms with Gasteiger partial charge in [0.25, 0.3) is 0 Å². The minimum atomic E-state index is 0.106. The first kappa shape index (κ1) is 14.3. The van der Waals surface area contributed by atoms with Crippen LogP contribution in [0.5, 0.6) is 11.5 Å². The van der Waals surface area contributed by atoms with E-state index >= 15 is 0 Å². The van der Waals surface area contributed by atoms with E-state index < -0.39 is 0 Å². The van der Waals surface area contributed by atoms with E-state index in [1.165, 1.54) is 0 Å². The first-order valence-corrected chi connectivity index (χ1v) is 5.92. The topological polar surface area (TPSA) is 44.5 Å². The minimum absolute atomic E-state index is 0.106. The van der Waals surface area contributed by atoms with E-state index in [0.717, 1.165) is 29.0 Å². The number of allylic oxidation sites excluding steroid dienone is 2. The van der Waals surface area contributed by atoms with Crippen LogP contribution in [0.3, 0.4) is 0 Å². The van der Waals surface area contributed by atoms with Crippen LogP contribution in [0.1, 0.15) is 18.1 Å². The van der Waals surface area contributed by atoms with Gasteiger partial charge in [0.05, 0.1) is 19.8 Å². The lowest BCUT2D eigenvalue weighted by atomic mass is 10.0. The van der Waals surface area contributed by atoms with Gasteiger partial charge in [-0.3, -0.25) is 0 Å². The number of benzene rings is 1. The molecule has 1 aromatic carbocycles. The molecule has 0 aliphatic carbocycles. The third kappa shape index (κ3) is 3.64. The lowest BCUT2D eigenvalue weighted by Crippen LogP contribution is -2.17. The minimum Gasteiger partial charge on any atom is -0.496 e. The average molecular weight is 247 g/mol. The van der Waals surface area contributed by atoms with E-state index in [9.17, 15) is 0 Å². The summed E-state index contributed by atoms with van der Waals surface area (Å²) in [6, 6.07) is 4.09. The molecule has 0 aromatic heterocycles. The van der Waals surface area contributed by atoms with Crippen LogP contribution >= 0.6 is 0 Å². The van der Waals surface area contributed by atoms with Gasteiger partial charge in [-0.25, -0.2) is 0 Å². The highest BCUT2D eigenvalue weighted by atomic mass is 16.5. The van der Waals surface area contributed by atoms with Crippen molar-refractivity contribution in [1.82, 2.24) is 0 Å². The van der Waals surface area contributed by atoms with Crippen molar-refractivity contribution in [2.75, 3.05) is 14.2 Å². The Morgan fingerprint density at radius 3 is 2.22 bits per heavy atom. The molecule has 0 saturated carbocycles. The number of rotatable bonds is 6. The highest BCUT2D eigenvalue weighted by molar-refractivity contribution is 5.66. The number of nitrogens with two attached hydrogens (primary N) is 1. The third-order valence-electron chi connectivity index (χ3n) is 2.56. The summed E-state index contributed by atoms with van der Waals surface area (Å²) in [5, 5.41) is 0. The predicted molar refractivity (Wildman–Crippen MR) is 76.1 cm³/mol. The van der Waals surface area contributed by atoms with Crippen LogP contribution in [0.4, 0.5) is 0 Å². The SMILES string of the molecule is C=C/C=C/c1c(OC)cc(CC(C)N)cc1OC. The van der Waals surface area contributed by atoms with Gasteiger partial charge in [-0.15, -0.1) is 0 Å². The molecule has 0 radical (unpaired) electrons. The molecule has 3 heteroatoms. The van der Waals surface area contributed by atoms with Crippen molar-refractivity contribution in [3.05, 3.63) is 42.0 Å². The molecule has 0 fully saturated rings. The summed E-state index contributed by atoms with van der Waals surface area (Å²) in [4.78, 5) is 0. The molecule has 3 nitrogen and oxygen atoms in total. The smallest absolute Gasteiger partial charge is 0.130 e. The Labute approximate surface area is 109 Å². The van der Waals surface area contributed by atoms with Gasteiger partial charge in [0.2, 0.25) is 0 Å². The second-order valence-electron chi connectivity index (χ2n) is 4.19. The van der Waals surface area contributed by atoms with E-state index in [-0.39, 0.29) is 6.04 Å². The van der Waals surface area contributed by atoms with Gasteiger partial charge in [0, 0.05) is 6.04 Å². The molecule has 0 saturated heterocycles. The lowest BCUT2D eigenvalue weighted by molar-refractivity contribution is 0.391. The quantitative estimate of drug-likeness (QED) is 0.786. The molecule has 98 valence electrons. The third-order valence-corrected chi connectivity index (χ3v) is 2.56. The molecule has 2 N–H and O–H groups in total. The second kappa shape index (κ2) is 6.87. The fourth-order valence-electron chi connectivity index (χ4n) is 1.81. The van der Waals surface area contributed by atoms with Gasteiger partial charge in [-0.1, -0.05) is 18.7 Å². The second-order valence-corrected chi connectivity index (χ2v) is 4.19. The summed E-state index contributed by atoms with van der Waals surface area (Å²) < 4.78 is 10.8. The number of methoxy groups -OCH3 is 2. The molecule has 0 aliphatic rings. The summed E-state index contributed by atoms with van der Waals surface area (Å²) >= 11 is 0. The number of hydrogen-bond acceptors (Lipinski definition) is 3. The van der Waals surface area contributed by atoms with Crippen LogP contribution in [-0.4, -0.2) is 20.3 Å². The molecule has 0 heterocycles. The van der Waals surface area contributed by atoms with Gasteiger partial charge in [-0.05, 0) is 37.1 Å².